The van der Waals surface area contributed by atoms with Crippen molar-refractivity contribution in [1.29, 1.82) is 0 Å². The molecule has 2 rings (SSSR count). The van der Waals surface area contributed by atoms with Gasteiger partial charge in [0.25, 0.3) is 0 Å². The molecule has 94 valence electrons. The maximum Gasteiger partial charge on any atom is 0.398 e. The zero-order chi connectivity index (χ0) is 12.6. The van der Waals surface area contributed by atoms with E-state index in [1.54, 1.807) is 13.0 Å². The summed E-state index contributed by atoms with van der Waals surface area (Å²) in [4.78, 5) is 0.533. The van der Waals surface area contributed by atoms with Gasteiger partial charge >= 0.3 is 6.18 Å². The van der Waals surface area contributed by atoms with Crippen molar-refractivity contribution < 1.29 is 17.6 Å². The molecule has 0 bridgehead atoms. The van der Waals surface area contributed by atoms with Crippen molar-refractivity contribution in [2.45, 2.75) is 36.8 Å². The summed E-state index contributed by atoms with van der Waals surface area (Å²) in [7, 11) is 0. The van der Waals surface area contributed by atoms with Crippen LogP contribution in [0.5, 0.6) is 0 Å². The van der Waals surface area contributed by atoms with Gasteiger partial charge in [-0.3, -0.25) is 0 Å². The van der Waals surface area contributed by atoms with Gasteiger partial charge in [0, 0.05) is 4.90 Å². The zero-order valence-electron chi connectivity index (χ0n) is 9.27. The molecule has 0 radical (unpaired) electrons. The highest BCUT2D eigenvalue weighted by molar-refractivity contribution is 7.99. The van der Waals surface area contributed by atoms with Gasteiger partial charge in [-0.1, -0.05) is 0 Å². The van der Waals surface area contributed by atoms with Gasteiger partial charge in [0.05, 0.1) is 5.75 Å². The predicted molar refractivity (Wildman–Crippen MR) is 59.9 cm³/mol. The standard InChI is InChI=1S/C12H12F4S/c1-7-4-10(13)9(8-2-3-8)5-11(7)17-6-12(14,15)16/h4-5,8H,2-3,6H2,1H3. The molecule has 0 unspecified atom stereocenters. The van der Waals surface area contributed by atoms with E-state index in [2.05, 4.69) is 0 Å². The Hall–Kier alpha value is -0.710. The molecular formula is C12H12F4S. The van der Waals surface area contributed by atoms with E-state index in [1.165, 1.54) is 6.07 Å². The number of benzene rings is 1. The van der Waals surface area contributed by atoms with Gasteiger partial charge in [-0.05, 0) is 48.9 Å². The van der Waals surface area contributed by atoms with E-state index in [1.807, 2.05) is 0 Å². The lowest BCUT2D eigenvalue weighted by atomic mass is 10.1. The van der Waals surface area contributed by atoms with Crippen LogP contribution in [-0.4, -0.2) is 11.9 Å². The first-order valence-electron chi connectivity index (χ1n) is 5.36. The summed E-state index contributed by atoms with van der Waals surface area (Å²) < 4.78 is 50.0. The van der Waals surface area contributed by atoms with Crippen LogP contribution in [0.2, 0.25) is 0 Å². The maximum absolute atomic E-state index is 13.6. The van der Waals surface area contributed by atoms with Crippen LogP contribution in [0.1, 0.15) is 29.9 Å². The largest absolute Gasteiger partial charge is 0.398 e. The van der Waals surface area contributed by atoms with Crippen LogP contribution >= 0.6 is 11.8 Å². The highest BCUT2D eigenvalue weighted by atomic mass is 32.2. The molecule has 1 aromatic carbocycles. The quantitative estimate of drug-likeness (QED) is 0.565. The summed E-state index contributed by atoms with van der Waals surface area (Å²) in [6.07, 6.45) is -2.32. The van der Waals surface area contributed by atoms with Gasteiger partial charge in [0.1, 0.15) is 5.82 Å². The average molecular weight is 264 g/mol. The highest BCUT2D eigenvalue weighted by Crippen LogP contribution is 2.43. The van der Waals surface area contributed by atoms with Crippen molar-refractivity contribution in [2.75, 3.05) is 5.75 Å². The third kappa shape index (κ3) is 3.37. The van der Waals surface area contributed by atoms with Crippen LogP contribution in [-0.2, 0) is 0 Å². The first-order valence-corrected chi connectivity index (χ1v) is 6.35. The summed E-state index contributed by atoms with van der Waals surface area (Å²) in [6, 6.07) is 2.92. The Balaban J connectivity index is 2.18. The SMILES string of the molecule is Cc1cc(F)c(C2CC2)cc1SCC(F)(F)F. The maximum atomic E-state index is 13.6. The molecule has 1 aliphatic carbocycles. The average Bonchev–Trinajstić information content (AvgIpc) is 2.98. The number of aryl methyl sites for hydroxylation is 1. The summed E-state index contributed by atoms with van der Waals surface area (Å²) in [5.74, 6) is -1.01. The minimum atomic E-state index is -4.19. The van der Waals surface area contributed by atoms with Gasteiger partial charge in [-0.25, -0.2) is 4.39 Å². The van der Waals surface area contributed by atoms with Crippen molar-refractivity contribution >= 4 is 11.8 Å². The molecule has 1 aliphatic rings. The van der Waals surface area contributed by atoms with E-state index in [-0.39, 0.29) is 11.7 Å². The van der Waals surface area contributed by atoms with Gasteiger partial charge in [-0.2, -0.15) is 13.2 Å². The lowest BCUT2D eigenvalue weighted by Gasteiger charge is -2.11. The van der Waals surface area contributed by atoms with Crippen molar-refractivity contribution in [3.8, 4) is 0 Å². The van der Waals surface area contributed by atoms with Crippen LogP contribution < -0.4 is 0 Å². The van der Waals surface area contributed by atoms with E-state index in [4.69, 9.17) is 0 Å². The Morgan fingerprint density at radius 2 is 1.94 bits per heavy atom. The molecule has 1 aromatic rings. The molecule has 0 N–H and O–H groups in total. The van der Waals surface area contributed by atoms with E-state index in [0.717, 1.165) is 24.6 Å². The zero-order valence-corrected chi connectivity index (χ0v) is 10.1. The third-order valence-electron chi connectivity index (χ3n) is 2.70. The monoisotopic (exact) mass is 264 g/mol. The van der Waals surface area contributed by atoms with E-state index >= 15 is 0 Å². The minimum absolute atomic E-state index is 0.209. The normalized spacial score (nSPS) is 16.3. The molecule has 0 heterocycles. The molecule has 1 fully saturated rings. The molecule has 0 aromatic heterocycles. The van der Waals surface area contributed by atoms with Gasteiger partial charge < -0.3 is 0 Å². The summed E-state index contributed by atoms with van der Waals surface area (Å²) in [5, 5.41) is 0. The van der Waals surface area contributed by atoms with Gasteiger partial charge in [-0.15, -0.1) is 11.8 Å². The Morgan fingerprint density at radius 3 is 2.47 bits per heavy atom. The van der Waals surface area contributed by atoms with Gasteiger partial charge in [0.2, 0.25) is 0 Å². The molecule has 17 heavy (non-hydrogen) atoms. The number of halogens is 4. The molecule has 1 saturated carbocycles. The predicted octanol–water partition coefficient (Wildman–Crippen LogP) is 4.67. The molecule has 0 spiro atoms. The Kier molecular flexibility index (Phi) is 3.39. The fraction of sp³-hybridized carbons (Fsp3) is 0.500. The second-order valence-electron chi connectivity index (χ2n) is 4.32. The van der Waals surface area contributed by atoms with Crippen LogP contribution in [0.15, 0.2) is 17.0 Å². The second kappa shape index (κ2) is 4.52. The van der Waals surface area contributed by atoms with Crippen molar-refractivity contribution in [2.24, 2.45) is 0 Å². The number of hydrogen-bond donors (Lipinski definition) is 0. The summed E-state index contributed by atoms with van der Waals surface area (Å²) in [5.41, 5.74) is 1.14. The molecule has 5 heteroatoms. The summed E-state index contributed by atoms with van der Waals surface area (Å²) in [6.45, 7) is 1.64. The number of alkyl halides is 3. The number of rotatable bonds is 3. The van der Waals surface area contributed by atoms with E-state index in [9.17, 15) is 17.6 Å². The van der Waals surface area contributed by atoms with Crippen molar-refractivity contribution in [3.63, 3.8) is 0 Å². The summed E-state index contributed by atoms with van der Waals surface area (Å²) >= 11 is 0.730. The lowest BCUT2D eigenvalue weighted by Crippen LogP contribution is -2.10. The van der Waals surface area contributed by atoms with Gasteiger partial charge in [0.15, 0.2) is 0 Å². The third-order valence-corrected chi connectivity index (χ3v) is 3.93. The fourth-order valence-corrected chi connectivity index (χ4v) is 2.51. The Labute approximate surface area is 101 Å². The molecule has 0 atom stereocenters. The van der Waals surface area contributed by atoms with Crippen molar-refractivity contribution in [3.05, 3.63) is 29.1 Å². The first kappa shape index (κ1) is 12.7. The Bertz CT molecular complexity index is 421. The first-order chi connectivity index (χ1) is 7.87. The van der Waals surface area contributed by atoms with Crippen LogP contribution in [0.4, 0.5) is 17.6 Å². The fourth-order valence-electron chi connectivity index (χ4n) is 1.69. The van der Waals surface area contributed by atoms with Crippen LogP contribution in [0.3, 0.4) is 0 Å². The van der Waals surface area contributed by atoms with Crippen LogP contribution in [0, 0.1) is 12.7 Å². The molecule has 0 saturated heterocycles. The molecular weight excluding hydrogens is 252 g/mol. The minimum Gasteiger partial charge on any atom is -0.207 e. The molecule has 0 nitrogen and oxygen atoms in total. The molecule has 0 aliphatic heterocycles. The highest BCUT2D eigenvalue weighted by Gasteiger charge is 2.30. The van der Waals surface area contributed by atoms with Crippen molar-refractivity contribution in [1.82, 2.24) is 0 Å². The van der Waals surface area contributed by atoms with E-state index in [0.29, 0.717) is 16.0 Å². The van der Waals surface area contributed by atoms with Crippen LogP contribution in [0.25, 0.3) is 0 Å². The number of thioether (sulfide) groups is 1. The smallest absolute Gasteiger partial charge is 0.207 e. The second-order valence-corrected chi connectivity index (χ2v) is 5.33. The topological polar surface area (TPSA) is 0 Å². The number of hydrogen-bond acceptors (Lipinski definition) is 1. The molecule has 0 amide bonds. The Morgan fingerprint density at radius 1 is 1.29 bits per heavy atom. The lowest BCUT2D eigenvalue weighted by molar-refractivity contribution is -0.105. The van der Waals surface area contributed by atoms with E-state index < -0.39 is 11.9 Å².